The molecule has 0 bridgehead atoms. The van der Waals surface area contributed by atoms with Gasteiger partial charge in [0.25, 0.3) is 0 Å². The molecule has 0 spiro atoms. The van der Waals surface area contributed by atoms with Crippen molar-refractivity contribution in [2.45, 2.75) is 32.2 Å². The van der Waals surface area contributed by atoms with Gasteiger partial charge in [-0.2, -0.15) is 0 Å². The van der Waals surface area contributed by atoms with Crippen molar-refractivity contribution in [1.82, 2.24) is 5.32 Å². The second kappa shape index (κ2) is 8.83. The highest BCUT2D eigenvalue weighted by atomic mass is 35.5. The second-order valence-electron chi connectivity index (χ2n) is 6.15. The standard InChI is InChI=1S/C19H23NO4.ClH/c1-13(20-9-8-15-4-6-16(21)17(22)10-15)2-3-14-5-7-18-19(11-14)24-12-23-18;/h4-7,10-11,13,20-22H,2-3,8-9,12H2,1H3;1H. The van der Waals surface area contributed by atoms with Crippen molar-refractivity contribution in [2.75, 3.05) is 13.3 Å². The molecule has 1 heterocycles. The minimum atomic E-state index is -0.0798. The summed E-state index contributed by atoms with van der Waals surface area (Å²) in [5, 5.41) is 22.3. The number of aromatic hydroxyl groups is 2. The number of halogens is 1. The molecule has 1 aliphatic rings. The van der Waals surface area contributed by atoms with Crippen LogP contribution >= 0.6 is 12.4 Å². The normalized spacial score (nSPS) is 13.3. The molecular formula is C19H24ClNO4. The monoisotopic (exact) mass is 365 g/mol. The van der Waals surface area contributed by atoms with E-state index < -0.39 is 0 Å². The van der Waals surface area contributed by atoms with Gasteiger partial charge >= 0.3 is 0 Å². The van der Waals surface area contributed by atoms with Gasteiger partial charge in [-0.15, -0.1) is 12.4 Å². The summed E-state index contributed by atoms with van der Waals surface area (Å²) in [6, 6.07) is 11.4. The molecule has 25 heavy (non-hydrogen) atoms. The zero-order chi connectivity index (χ0) is 16.9. The Hall–Kier alpha value is -2.11. The van der Waals surface area contributed by atoms with E-state index in [4.69, 9.17) is 9.47 Å². The molecule has 3 rings (SSSR count). The van der Waals surface area contributed by atoms with E-state index >= 15 is 0 Å². The van der Waals surface area contributed by atoms with Crippen LogP contribution in [0.5, 0.6) is 23.0 Å². The van der Waals surface area contributed by atoms with Gasteiger partial charge in [-0.25, -0.2) is 0 Å². The number of hydrogen-bond donors (Lipinski definition) is 3. The van der Waals surface area contributed by atoms with Crippen molar-refractivity contribution >= 4 is 12.4 Å². The van der Waals surface area contributed by atoms with Crippen LogP contribution in [0, 0.1) is 0 Å². The van der Waals surface area contributed by atoms with Gasteiger partial charge in [0.2, 0.25) is 6.79 Å². The van der Waals surface area contributed by atoms with E-state index in [2.05, 4.69) is 18.3 Å². The first-order valence-corrected chi connectivity index (χ1v) is 8.24. The Kier molecular flexibility index (Phi) is 6.79. The largest absolute Gasteiger partial charge is 0.504 e. The van der Waals surface area contributed by atoms with E-state index in [1.54, 1.807) is 6.07 Å². The lowest BCUT2D eigenvalue weighted by atomic mass is 10.1. The lowest BCUT2D eigenvalue weighted by Crippen LogP contribution is -2.28. The lowest BCUT2D eigenvalue weighted by molar-refractivity contribution is 0.174. The molecule has 2 aromatic rings. The number of phenols is 2. The van der Waals surface area contributed by atoms with Gasteiger partial charge in [-0.1, -0.05) is 12.1 Å². The maximum Gasteiger partial charge on any atom is 0.231 e. The zero-order valence-corrected chi connectivity index (χ0v) is 15.0. The number of ether oxygens (including phenoxy) is 2. The van der Waals surface area contributed by atoms with E-state index in [1.165, 1.54) is 11.6 Å². The molecule has 3 N–H and O–H groups in total. The smallest absolute Gasteiger partial charge is 0.231 e. The number of phenolic OH excluding ortho intramolecular Hbond substituents is 2. The third kappa shape index (κ3) is 5.18. The fourth-order valence-electron chi connectivity index (χ4n) is 2.77. The van der Waals surface area contributed by atoms with Crippen LogP contribution < -0.4 is 14.8 Å². The van der Waals surface area contributed by atoms with Crippen LogP contribution in [0.1, 0.15) is 24.5 Å². The summed E-state index contributed by atoms with van der Waals surface area (Å²) < 4.78 is 10.7. The summed E-state index contributed by atoms with van der Waals surface area (Å²) in [7, 11) is 0. The highest BCUT2D eigenvalue weighted by Crippen LogP contribution is 2.32. The summed E-state index contributed by atoms with van der Waals surface area (Å²) in [5.41, 5.74) is 2.25. The van der Waals surface area contributed by atoms with E-state index in [0.717, 1.165) is 42.9 Å². The molecule has 136 valence electrons. The van der Waals surface area contributed by atoms with E-state index in [1.807, 2.05) is 18.2 Å². The van der Waals surface area contributed by atoms with Crippen LogP contribution in [0.15, 0.2) is 36.4 Å². The zero-order valence-electron chi connectivity index (χ0n) is 14.2. The van der Waals surface area contributed by atoms with Crippen molar-refractivity contribution in [1.29, 1.82) is 0 Å². The van der Waals surface area contributed by atoms with Crippen LogP contribution in [0.2, 0.25) is 0 Å². The third-order valence-corrected chi connectivity index (χ3v) is 4.25. The summed E-state index contributed by atoms with van der Waals surface area (Å²) in [5.74, 6) is 1.51. The number of hydrogen-bond acceptors (Lipinski definition) is 5. The molecule has 0 radical (unpaired) electrons. The topological polar surface area (TPSA) is 71.0 Å². The first kappa shape index (κ1) is 19.2. The number of nitrogens with one attached hydrogen (secondary N) is 1. The van der Waals surface area contributed by atoms with Gasteiger partial charge in [-0.3, -0.25) is 0 Å². The van der Waals surface area contributed by atoms with Crippen molar-refractivity contribution in [2.24, 2.45) is 0 Å². The Bertz CT molecular complexity index is 708. The molecule has 0 aromatic heterocycles. The average molecular weight is 366 g/mol. The van der Waals surface area contributed by atoms with E-state index in [9.17, 15) is 10.2 Å². The lowest BCUT2D eigenvalue weighted by Gasteiger charge is -2.14. The summed E-state index contributed by atoms with van der Waals surface area (Å²) >= 11 is 0. The molecule has 0 aliphatic carbocycles. The van der Waals surface area contributed by atoms with Crippen LogP contribution in [0.25, 0.3) is 0 Å². The Morgan fingerprint density at radius 2 is 1.68 bits per heavy atom. The third-order valence-electron chi connectivity index (χ3n) is 4.25. The summed E-state index contributed by atoms with van der Waals surface area (Å²) in [6.45, 7) is 3.30. The van der Waals surface area contributed by atoms with Crippen LogP contribution in [0.3, 0.4) is 0 Å². The summed E-state index contributed by atoms with van der Waals surface area (Å²) in [4.78, 5) is 0. The molecule has 1 unspecified atom stereocenters. The van der Waals surface area contributed by atoms with Crippen LogP contribution in [-0.2, 0) is 12.8 Å². The molecule has 0 amide bonds. The van der Waals surface area contributed by atoms with Gasteiger partial charge in [0, 0.05) is 6.04 Å². The number of aryl methyl sites for hydroxylation is 1. The second-order valence-corrected chi connectivity index (χ2v) is 6.15. The Labute approximate surface area is 154 Å². The molecule has 1 atom stereocenters. The van der Waals surface area contributed by atoms with Gasteiger partial charge in [0.15, 0.2) is 23.0 Å². The highest BCUT2D eigenvalue weighted by molar-refractivity contribution is 5.85. The molecule has 1 aliphatic heterocycles. The fraction of sp³-hybridized carbons (Fsp3) is 0.368. The van der Waals surface area contributed by atoms with Crippen molar-refractivity contribution in [3.05, 3.63) is 47.5 Å². The minimum absolute atomic E-state index is 0. The number of fused-ring (bicyclic) bond motifs is 1. The quantitative estimate of drug-likeness (QED) is 0.656. The fourth-order valence-corrected chi connectivity index (χ4v) is 2.77. The van der Waals surface area contributed by atoms with Gasteiger partial charge in [-0.05, 0) is 68.1 Å². The molecule has 0 saturated heterocycles. The first-order chi connectivity index (χ1) is 11.6. The molecule has 0 saturated carbocycles. The van der Waals surface area contributed by atoms with Crippen molar-refractivity contribution in [3.8, 4) is 23.0 Å². The Balaban J connectivity index is 0.00000225. The van der Waals surface area contributed by atoms with Gasteiger partial charge in [0.05, 0.1) is 0 Å². The van der Waals surface area contributed by atoms with E-state index in [-0.39, 0.29) is 23.9 Å². The first-order valence-electron chi connectivity index (χ1n) is 8.24. The van der Waals surface area contributed by atoms with Crippen LogP contribution in [-0.4, -0.2) is 29.6 Å². The maximum atomic E-state index is 9.50. The Morgan fingerprint density at radius 1 is 0.960 bits per heavy atom. The molecular weight excluding hydrogens is 342 g/mol. The Morgan fingerprint density at radius 3 is 2.48 bits per heavy atom. The van der Waals surface area contributed by atoms with Gasteiger partial charge in [0.1, 0.15) is 0 Å². The van der Waals surface area contributed by atoms with Crippen molar-refractivity contribution in [3.63, 3.8) is 0 Å². The van der Waals surface area contributed by atoms with Crippen molar-refractivity contribution < 1.29 is 19.7 Å². The predicted octanol–water partition coefficient (Wildman–Crippen LogP) is 3.40. The SMILES string of the molecule is CC(CCc1ccc2c(c1)OCO2)NCCc1ccc(O)c(O)c1.Cl. The average Bonchev–Trinajstić information content (AvgIpc) is 3.04. The highest BCUT2D eigenvalue weighted by Gasteiger charge is 2.13. The number of rotatable bonds is 7. The molecule has 6 heteroatoms. The number of benzene rings is 2. The minimum Gasteiger partial charge on any atom is -0.504 e. The van der Waals surface area contributed by atoms with Gasteiger partial charge < -0.3 is 25.0 Å². The molecule has 0 fully saturated rings. The van der Waals surface area contributed by atoms with Crippen LogP contribution in [0.4, 0.5) is 0 Å². The molecule has 2 aromatic carbocycles. The molecule has 5 nitrogen and oxygen atoms in total. The summed E-state index contributed by atoms with van der Waals surface area (Å²) in [6.07, 6.45) is 2.81. The van der Waals surface area contributed by atoms with E-state index in [0.29, 0.717) is 12.8 Å². The maximum absolute atomic E-state index is 9.50. The predicted molar refractivity (Wildman–Crippen MR) is 99.1 cm³/mol.